The maximum atomic E-state index is 5.92. The molecule has 90 valence electrons. The fourth-order valence-corrected chi connectivity index (χ4v) is 2.74. The lowest BCUT2D eigenvalue weighted by atomic mass is 9.80. The van der Waals surface area contributed by atoms with Crippen molar-refractivity contribution in [3.05, 3.63) is 0 Å². The molecular weight excluding hydrogens is 190 g/mol. The van der Waals surface area contributed by atoms with Gasteiger partial charge in [0.2, 0.25) is 0 Å². The van der Waals surface area contributed by atoms with Crippen LogP contribution in [0, 0.1) is 17.8 Å². The van der Waals surface area contributed by atoms with Crippen molar-refractivity contribution in [2.24, 2.45) is 35.0 Å². The van der Waals surface area contributed by atoms with Crippen molar-refractivity contribution >= 4 is 0 Å². The first-order valence-electron chi connectivity index (χ1n) is 5.84. The Morgan fingerprint density at radius 3 is 2.47 bits per heavy atom. The second-order valence-electron chi connectivity index (χ2n) is 4.79. The lowest BCUT2D eigenvalue weighted by Gasteiger charge is -2.31. The van der Waals surface area contributed by atoms with Gasteiger partial charge in [-0.15, -0.1) is 0 Å². The molecule has 0 unspecified atom stereocenters. The van der Waals surface area contributed by atoms with E-state index in [1.54, 1.807) is 7.11 Å². The van der Waals surface area contributed by atoms with Crippen molar-refractivity contribution in [2.45, 2.75) is 38.5 Å². The van der Waals surface area contributed by atoms with Crippen LogP contribution in [0.25, 0.3) is 0 Å². The minimum absolute atomic E-state index is 0.213. The van der Waals surface area contributed by atoms with Gasteiger partial charge in [0.15, 0.2) is 0 Å². The van der Waals surface area contributed by atoms with E-state index >= 15 is 0 Å². The van der Waals surface area contributed by atoms with Crippen LogP contribution in [0.2, 0.25) is 0 Å². The van der Waals surface area contributed by atoms with Crippen molar-refractivity contribution in [2.75, 3.05) is 13.7 Å². The maximum Gasteiger partial charge on any atom is 0.108 e. The van der Waals surface area contributed by atoms with E-state index in [2.05, 4.69) is 6.92 Å². The van der Waals surface area contributed by atoms with Gasteiger partial charge in [0.05, 0.1) is 0 Å². The van der Waals surface area contributed by atoms with E-state index in [1.807, 2.05) is 0 Å². The van der Waals surface area contributed by atoms with Crippen LogP contribution >= 0.6 is 0 Å². The molecule has 1 saturated carbocycles. The average molecular weight is 215 g/mol. The molecule has 15 heavy (non-hydrogen) atoms. The fourth-order valence-electron chi connectivity index (χ4n) is 2.74. The Morgan fingerprint density at radius 2 is 2.07 bits per heavy atom. The zero-order valence-electron chi connectivity index (χ0n) is 9.86. The second kappa shape index (κ2) is 5.80. The van der Waals surface area contributed by atoms with Crippen LogP contribution in [0.3, 0.4) is 0 Å². The van der Waals surface area contributed by atoms with Gasteiger partial charge in [0.1, 0.15) is 6.23 Å². The molecule has 0 amide bonds. The van der Waals surface area contributed by atoms with Crippen molar-refractivity contribution in [1.82, 2.24) is 0 Å². The summed E-state index contributed by atoms with van der Waals surface area (Å²) in [6.07, 6.45) is 3.18. The van der Waals surface area contributed by atoms with Gasteiger partial charge < -0.3 is 21.9 Å². The van der Waals surface area contributed by atoms with Gasteiger partial charge in [-0.05, 0) is 43.6 Å². The highest BCUT2D eigenvalue weighted by Gasteiger charge is 2.33. The molecule has 0 bridgehead atoms. The van der Waals surface area contributed by atoms with E-state index in [0.717, 1.165) is 12.8 Å². The van der Waals surface area contributed by atoms with Gasteiger partial charge in [0.25, 0.3) is 0 Å². The SMILES string of the molecule is CO[C@H](N)[C@@H](C)[C@H](CN)[C@H]1CC[C@@H](N)C1. The quantitative estimate of drug-likeness (QED) is 0.574. The highest BCUT2D eigenvalue weighted by Crippen LogP contribution is 2.35. The summed E-state index contributed by atoms with van der Waals surface area (Å²) in [5.74, 6) is 1.37. The van der Waals surface area contributed by atoms with E-state index in [4.69, 9.17) is 21.9 Å². The topological polar surface area (TPSA) is 87.3 Å². The summed E-state index contributed by atoms with van der Waals surface area (Å²) in [7, 11) is 1.65. The number of ether oxygens (including phenoxy) is 1. The van der Waals surface area contributed by atoms with Crippen LogP contribution in [0.5, 0.6) is 0 Å². The van der Waals surface area contributed by atoms with Gasteiger partial charge in [-0.3, -0.25) is 0 Å². The molecule has 1 aliphatic rings. The van der Waals surface area contributed by atoms with E-state index in [1.165, 1.54) is 6.42 Å². The second-order valence-corrected chi connectivity index (χ2v) is 4.79. The van der Waals surface area contributed by atoms with Gasteiger partial charge in [0, 0.05) is 13.2 Å². The molecule has 1 rings (SSSR count). The van der Waals surface area contributed by atoms with Crippen molar-refractivity contribution in [3.8, 4) is 0 Å². The number of hydrogen-bond donors (Lipinski definition) is 3. The van der Waals surface area contributed by atoms with Crippen molar-refractivity contribution < 1.29 is 4.74 Å². The predicted molar refractivity (Wildman–Crippen MR) is 62.0 cm³/mol. The lowest BCUT2D eigenvalue weighted by Crippen LogP contribution is -2.40. The van der Waals surface area contributed by atoms with Gasteiger partial charge in [-0.2, -0.15) is 0 Å². The van der Waals surface area contributed by atoms with Crippen molar-refractivity contribution in [3.63, 3.8) is 0 Å². The van der Waals surface area contributed by atoms with Gasteiger partial charge in [-0.1, -0.05) is 6.92 Å². The summed E-state index contributed by atoms with van der Waals surface area (Å²) in [6, 6.07) is 0.356. The first-order chi connectivity index (χ1) is 7.10. The Bertz CT molecular complexity index is 187. The Labute approximate surface area is 92.5 Å². The zero-order chi connectivity index (χ0) is 11.4. The molecule has 0 heterocycles. The molecule has 0 aromatic carbocycles. The van der Waals surface area contributed by atoms with Gasteiger partial charge in [-0.25, -0.2) is 0 Å². The first-order valence-corrected chi connectivity index (χ1v) is 5.84. The summed E-state index contributed by atoms with van der Waals surface area (Å²) in [5, 5.41) is 0. The summed E-state index contributed by atoms with van der Waals surface area (Å²) < 4.78 is 5.17. The average Bonchev–Trinajstić information content (AvgIpc) is 2.64. The molecule has 0 aromatic rings. The Kier molecular flexibility index (Phi) is 4.99. The third kappa shape index (κ3) is 3.14. The number of hydrogen-bond acceptors (Lipinski definition) is 4. The molecule has 0 radical (unpaired) electrons. The summed E-state index contributed by atoms with van der Waals surface area (Å²) in [6.45, 7) is 2.80. The zero-order valence-corrected chi connectivity index (χ0v) is 9.86. The van der Waals surface area contributed by atoms with Crippen LogP contribution in [-0.2, 0) is 4.74 Å². The molecule has 0 saturated heterocycles. The molecule has 0 aromatic heterocycles. The number of methoxy groups -OCH3 is 1. The van der Waals surface area contributed by atoms with E-state index in [0.29, 0.717) is 30.3 Å². The van der Waals surface area contributed by atoms with E-state index in [9.17, 15) is 0 Å². The number of nitrogens with two attached hydrogens (primary N) is 3. The molecule has 5 atom stereocenters. The first kappa shape index (κ1) is 12.9. The maximum absolute atomic E-state index is 5.92. The minimum atomic E-state index is -0.213. The summed E-state index contributed by atoms with van der Waals surface area (Å²) in [4.78, 5) is 0. The summed E-state index contributed by atoms with van der Waals surface area (Å²) >= 11 is 0. The molecule has 1 aliphatic carbocycles. The Morgan fingerprint density at radius 1 is 1.40 bits per heavy atom. The highest BCUT2D eigenvalue weighted by atomic mass is 16.5. The lowest BCUT2D eigenvalue weighted by molar-refractivity contribution is 0.0273. The van der Waals surface area contributed by atoms with Crippen LogP contribution in [0.1, 0.15) is 26.2 Å². The highest BCUT2D eigenvalue weighted by molar-refractivity contribution is 4.86. The van der Waals surface area contributed by atoms with Crippen LogP contribution in [0.4, 0.5) is 0 Å². The molecule has 6 N–H and O–H groups in total. The third-order valence-corrected chi connectivity index (χ3v) is 3.86. The minimum Gasteiger partial charge on any atom is -0.367 e. The van der Waals surface area contributed by atoms with Crippen LogP contribution in [-0.4, -0.2) is 25.9 Å². The number of rotatable bonds is 5. The molecular formula is C11H25N3O. The molecule has 4 nitrogen and oxygen atoms in total. The molecule has 4 heteroatoms. The van der Waals surface area contributed by atoms with E-state index in [-0.39, 0.29) is 6.23 Å². The molecule has 0 aliphatic heterocycles. The predicted octanol–water partition coefficient (Wildman–Crippen LogP) is 0.256. The molecule has 1 fully saturated rings. The Balaban J connectivity index is 2.54. The molecule has 0 spiro atoms. The van der Waals surface area contributed by atoms with Crippen LogP contribution < -0.4 is 17.2 Å². The fraction of sp³-hybridized carbons (Fsp3) is 1.00. The normalized spacial score (nSPS) is 32.6. The summed E-state index contributed by atoms with van der Waals surface area (Å²) in [5.41, 5.74) is 17.6. The van der Waals surface area contributed by atoms with E-state index < -0.39 is 0 Å². The van der Waals surface area contributed by atoms with Gasteiger partial charge >= 0.3 is 0 Å². The monoisotopic (exact) mass is 215 g/mol. The smallest absolute Gasteiger partial charge is 0.108 e. The standard InChI is InChI=1S/C11H25N3O/c1-7(11(14)15-2)10(6-12)8-3-4-9(13)5-8/h7-11H,3-6,12-14H2,1-2H3/t7-,8-,9+,10-,11-/m0/s1. The Hall–Kier alpha value is -0.160. The third-order valence-electron chi connectivity index (χ3n) is 3.86. The van der Waals surface area contributed by atoms with Crippen LogP contribution in [0.15, 0.2) is 0 Å². The van der Waals surface area contributed by atoms with Crippen molar-refractivity contribution in [1.29, 1.82) is 0 Å². The largest absolute Gasteiger partial charge is 0.367 e.